The quantitative estimate of drug-likeness (QED) is 0.809. The van der Waals surface area contributed by atoms with E-state index in [1.807, 2.05) is 0 Å². The van der Waals surface area contributed by atoms with E-state index in [1.54, 1.807) is 24.3 Å². The van der Waals surface area contributed by atoms with Crippen LogP contribution in [0.15, 0.2) is 34.7 Å². The minimum atomic E-state index is -0.442. The molecule has 0 radical (unpaired) electrons. The van der Waals surface area contributed by atoms with Crippen LogP contribution in [-0.2, 0) is 4.74 Å². The molecule has 1 saturated heterocycles. The number of hydrogen-bond acceptors (Lipinski definition) is 4. The molecule has 0 unspecified atom stereocenters. The Bertz CT molecular complexity index is 629. The molecule has 0 N–H and O–H groups in total. The van der Waals surface area contributed by atoms with Crippen LogP contribution in [0, 0.1) is 5.82 Å². The zero-order valence-electron chi connectivity index (χ0n) is 11.4. The van der Waals surface area contributed by atoms with Crippen molar-refractivity contribution in [1.29, 1.82) is 0 Å². The van der Waals surface area contributed by atoms with Crippen molar-refractivity contribution >= 4 is 6.29 Å². The van der Waals surface area contributed by atoms with Gasteiger partial charge in [0.05, 0.1) is 13.2 Å². The third-order valence-electron chi connectivity index (χ3n) is 3.42. The Morgan fingerprint density at radius 3 is 2.67 bits per heavy atom. The second-order valence-corrected chi connectivity index (χ2v) is 4.89. The summed E-state index contributed by atoms with van der Waals surface area (Å²) in [7, 11) is 0. The maximum Gasteiger partial charge on any atom is 0.185 e. The molecule has 1 aliphatic heterocycles. The summed E-state index contributed by atoms with van der Waals surface area (Å²) in [6, 6.07) is 7.83. The van der Waals surface area contributed by atoms with Crippen molar-refractivity contribution < 1.29 is 23.1 Å². The fraction of sp³-hybridized carbons (Fsp3) is 0.312. The maximum atomic E-state index is 14.1. The second-order valence-electron chi connectivity index (χ2n) is 4.89. The van der Waals surface area contributed by atoms with Crippen molar-refractivity contribution in [2.24, 2.45) is 0 Å². The summed E-state index contributed by atoms with van der Waals surface area (Å²) in [5.41, 5.74) is 0.569. The van der Waals surface area contributed by atoms with E-state index in [4.69, 9.17) is 13.9 Å². The minimum absolute atomic E-state index is 0.00983. The maximum absolute atomic E-state index is 14.1. The molecule has 0 saturated carbocycles. The molecule has 0 aliphatic carbocycles. The zero-order chi connectivity index (χ0) is 14.7. The molecule has 0 atom stereocenters. The van der Waals surface area contributed by atoms with Gasteiger partial charge in [-0.3, -0.25) is 4.79 Å². The minimum Gasteiger partial charge on any atom is -0.487 e. The van der Waals surface area contributed by atoms with Gasteiger partial charge in [0.15, 0.2) is 23.6 Å². The Morgan fingerprint density at radius 2 is 2.00 bits per heavy atom. The highest BCUT2D eigenvalue weighted by atomic mass is 19.1. The van der Waals surface area contributed by atoms with Crippen LogP contribution in [0.4, 0.5) is 4.39 Å². The number of halogens is 1. The molecule has 1 aliphatic rings. The molecule has 2 heterocycles. The number of hydrogen-bond donors (Lipinski definition) is 0. The first-order valence-electron chi connectivity index (χ1n) is 6.85. The van der Waals surface area contributed by atoms with Crippen LogP contribution in [0.25, 0.3) is 11.3 Å². The van der Waals surface area contributed by atoms with Crippen LogP contribution < -0.4 is 4.74 Å². The van der Waals surface area contributed by atoms with Gasteiger partial charge in [-0.05, 0) is 30.3 Å². The fourth-order valence-electron chi connectivity index (χ4n) is 2.29. The summed E-state index contributed by atoms with van der Waals surface area (Å²) < 4.78 is 30.3. The lowest BCUT2D eigenvalue weighted by Crippen LogP contribution is -2.26. The third-order valence-corrected chi connectivity index (χ3v) is 3.42. The van der Waals surface area contributed by atoms with Gasteiger partial charge in [0, 0.05) is 18.4 Å². The predicted octanol–water partition coefficient (Wildman–Crippen LogP) is 3.46. The summed E-state index contributed by atoms with van der Waals surface area (Å²) in [6.07, 6.45) is 2.14. The van der Waals surface area contributed by atoms with E-state index in [1.165, 1.54) is 6.07 Å². The van der Waals surface area contributed by atoms with Gasteiger partial charge in [-0.1, -0.05) is 0 Å². The molecule has 2 aromatic rings. The Kier molecular flexibility index (Phi) is 4.01. The third kappa shape index (κ3) is 3.13. The highest BCUT2D eigenvalue weighted by molar-refractivity contribution is 5.72. The van der Waals surface area contributed by atoms with E-state index in [0.717, 1.165) is 12.8 Å². The van der Waals surface area contributed by atoms with Gasteiger partial charge < -0.3 is 13.9 Å². The smallest absolute Gasteiger partial charge is 0.185 e. The standard InChI is InChI=1S/C16H15FO4/c17-14-9-11(15-4-2-13(10-18)21-15)1-3-16(14)20-12-5-7-19-8-6-12/h1-4,9-10,12H,5-8H2. The number of benzene rings is 1. The Hall–Kier alpha value is -2.14. The van der Waals surface area contributed by atoms with Gasteiger partial charge in [-0.15, -0.1) is 0 Å². The zero-order valence-corrected chi connectivity index (χ0v) is 11.4. The molecular formula is C16H15FO4. The van der Waals surface area contributed by atoms with Crippen LogP contribution in [0.1, 0.15) is 23.4 Å². The number of rotatable bonds is 4. The SMILES string of the molecule is O=Cc1ccc(-c2ccc(OC3CCOCC3)c(F)c2)o1. The topological polar surface area (TPSA) is 48.7 Å². The van der Waals surface area contributed by atoms with E-state index in [0.29, 0.717) is 30.8 Å². The van der Waals surface area contributed by atoms with Crippen molar-refractivity contribution in [2.75, 3.05) is 13.2 Å². The van der Waals surface area contributed by atoms with E-state index in [-0.39, 0.29) is 17.6 Å². The van der Waals surface area contributed by atoms with E-state index in [2.05, 4.69) is 0 Å². The lowest BCUT2D eigenvalue weighted by Gasteiger charge is -2.23. The lowest BCUT2D eigenvalue weighted by atomic mass is 10.1. The molecule has 1 aromatic carbocycles. The van der Waals surface area contributed by atoms with Crippen LogP contribution >= 0.6 is 0 Å². The van der Waals surface area contributed by atoms with Crippen LogP contribution in [0.3, 0.4) is 0 Å². The van der Waals surface area contributed by atoms with Gasteiger partial charge in [0.1, 0.15) is 11.9 Å². The molecule has 0 bridgehead atoms. The second kappa shape index (κ2) is 6.10. The predicted molar refractivity (Wildman–Crippen MR) is 74.0 cm³/mol. The van der Waals surface area contributed by atoms with Gasteiger partial charge >= 0.3 is 0 Å². The average molecular weight is 290 g/mol. The fourth-order valence-corrected chi connectivity index (χ4v) is 2.29. The summed E-state index contributed by atoms with van der Waals surface area (Å²) in [5, 5.41) is 0. The van der Waals surface area contributed by atoms with Crippen molar-refractivity contribution in [3.63, 3.8) is 0 Å². The molecule has 1 aromatic heterocycles. The number of carbonyl (C=O) groups is 1. The number of ether oxygens (including phenoxy) is 2. The normalized spacial score (nSPS) is 15.9. The molecule has 110 valence electrons. The molecule has 4 nitrogen and oxygen atoms in total. The van der Waals surface area contributed by atoms with Crippen molar-refractivity contribution in [3.8, 4) is 17.1 Å². The van der Waals surface area contributed by atoms with E-state index >= 15 is 0 Å². The first kappa shape index (κ1) is 13.8. The molecule has 0 spiro atoms. The Labute approximate surface area is 121 Å². The molecule has 3 rings (SSSR count). The number of carbonyl (C=O) groups excluding carboxylic acids is 1. The Balaban J connectivity index is 1.77. The van der Waals surface area contributed by atoms with Crippen molar-refractivity contribution in [1.82, 2.24) is 0 Å². The molecular weight excluding hydrogens is 275 g/mol. The molecule has 1 fully saturated rings. The van der Waals surface area contributed by atoms with Crippen molar-refractivity contribution in [2.45, 2.75) is 18.9 Å². The highest BCUT2D eigenvalue weighted by Gasteiger charge is 2.17. The first-order valence-corrected chi connectivity index (χ1v) is 6.85. The summed E-state index contributed by atoms with van der Waals surface area (Å²) in [4.78, 5) is 10.6. The van der Waals surface area contributed by atoms with Crippen molar-refractivity contribution in [3.05, 3.63) is 41.9 Å². The van der Waals surface area contributed by atoms with Gasteiger partial charge in [-0.25, -0.2) is 4.39 Å². The summed E-state index contributed by atoms with van der Waals surface area (Å²) in [6.45, 7) is 1.29. The first-order chi connectivity index (χ1) is 10.3. The molecule has 0 amide bonds. The Morgan fingerprint density at radius 1 is 1.19 bits per heavy atom. The summed E-state index contributed by atoms with van der Waals surface area (Å²) >= 11 is 0. The highest BCUT2D eigenvalue weighted by Crippen LogP contribution is 2.28. The monoisotopic (exact) mass is 290 g/mol. The largest absolute Gasteiger partial charge is 0.487 e. The van der Waals surface area contributed by atoms with Gasteiger partial charge in [0.2, 0.25) is 0 Å². The van der Waals surface area contributed by atoms with Crippen LogP contribution in [-0.4, -0.2) is 25.6 Å². The van der Waals surface area contributed by atoms with Gasteiger partial charge in [-0.2, -0.15) is 0 Å². The number of aldehydes is 1. The number of furan rings is 1. The van der Waals surface area contributed by atoms with E-state index in [9.17, 15) is 9.18 Å². The van der Waals surface area contributed by atoms with E-state index < -0.39 is 5.82 Å². The summed E-state index contributed by atoms with van der Waals surface area (Å²) in [5.74, 6) is 0.456. The molecule has 21 heavy (non-hydrogen) atoms. The van der Waals surface area contributed by atoms with Crippen LogP contribution in [0.5, 0.6) is 5.75 Å². The molecule has 5 heteroatoms. The van der Waals surface area contributed by atoms with Crippen LogP contribution in [0.2, 0.25) is 0 Å². The lowest BCUT2D eigenvalue weighted by molar-refractivity contribution is 0.0240. The van der Waals surface area contributed by atoms with Gasteiger partial charge in [0.25, 0.3) is 0 Å². The average Bonchev–Trinajstić information content (AvgIpc) is 2.99.